The predicted molar refractivity (Wildman–Crippen MR) is 70.3 cm³/mol. The number of aromatic nitrogens is 1. The van der Waals surface area contributed by atoms with Crippen molar-refractivity contribution in [1.82, 2.24) is 10.3 Å². The average Bonchev–Trinajstić information content (AvgIpc) is 3.02. The number of nitrogens with zero attached hydrogens (tertiary/aromatic N) is 2. The molecule has 0 bridgehead atoms. The van der Waals surface area contributed by atoms with Gasteiger partial charge in [-0.25, -0.2) is 4.98 Å². The van der Waals surface area contributed by atoms with Gasteiger partial charge < -0.3 is 10.2 Å². The number of rotatable bonds is 6. The Hall–Kier alpha value is -0.610. The van der Waals surface area contributed by atoms with Crippen LogP contribution in [0, 0.1) is 6.92 Å². The van der Waals surface area contributed by atoms with Gasteiger partial charge in [0.2, 0.25) is 0 Å². The monoisotopic (exact) mass is 239 g/mol. The molecule has 1 aliphatic rings. The van der Waals surface area contributed by atoms with Crippen molar-refractivity contribution in [3.05, 3.63) is 10.6 Å². The second-order valence-electron chi connectivity index (χ2n) is 4.30. The number of thiazole rings is 1. The van der Waals surface area contributed by atoms with Crippen LogP contribution < -0.4 is 10.2 Å². The minimum atomic E-state index is 0.766. The van der Waals surface area contributed by atoms with Crippen molar-refractivity contribution in [2.75, 3.05) is 18.0 Å². The summed E-state index contributed by atoms with van der Waals surface area (Å²) in [5.41, 5.74) is 1.19. The Balaban J connectivity index is 2.09. The van der Waals surface area contributed by atoms with Gasteiger partial charge in [0, 0.05) is 24.0 Å². The van der Waals surface area contributed by atoms with Gasteiger partial charge in [0.25, 0.3) is 0 Å². The lowest BCUT2D eigenvalue weighted by Gasteiger charge is -2.18. The third-order valence-electron chi connectivity index (χ3n) is 2.99. The molecule has 0 aliphatic heterocycles. The molecule has 0 spiro atoms. The van der Waals surface area contributed by atoms with Gasteiger partial charge in [-0.2, -0.15) is 0 Å². The molecular formula is C12H21N3S. The number of nitrogens with one attached hydrogen (secondary N) is 1. The standard InChI is InChI=1S/C12H21N3S/c1-4-13-8-11-9(3)14-12(16-11)15(5-2)10-6-7-10/h10,13H,4-8H2,1-3H3. The highest BCUT2D eigenvalue weighted by Gasteiger charge is 2.30. The van der Waals surface area contributed by atoms with Gasteiger partial charge in [0.1, 0.15) is 0 Å². The van der Waals surface area contributed by atoms with Crippen LogP contribution in [0.4, 0.5) is 5.13 Å². The van der Waals surface area contributed by atoms with Crippen LogP contribution in [-0.2, 0) is 6.54 Å². The van der Waals surface area contributed by atoms with E-state index in [1.165, 1.54) is 28.5 Å². The zero-order chi connectivity index (χ0) is 11.5. The minimum absolute atomic E-state index is 0.766. The molecule has 4 heteroatoms. The summed E-state index contributed by atoms with van der Waals surface area (Å²) < 4.78 is 0. The fourth-order valence-corrected chi connectivity index (χ4v) is 3.04. The lowest BCUT2D eigenvalue weighted by Crippen LogP contribution is -2.24. The van der Waals surface area contributed by atoms with Gasteiger partial charge >= 0.3 is 0 Å². The fraction of sp³-hybridized carbons (Fsp3) is 0.750. The number of anilines is 1. The van der Waals surface area contributed by atoms with E-state index in [0.717, 1.165) is 25.7 Å². The van der Waals surface area contributed by atoms with E-state index in [1.54, 1.807) is 0 Å². The van der Waals surface area contributed by atoms with Crippen LogP contribution in [0.25, 0.3) is 0 Å². The van der Waals surface area contributed by atoms with E-state index < -0.39 is 0 Å². The summed E-state index contributed by atoms with van der Waals surface area (Å²) >= 11 is 1.85. The topological polar surface area (TPSA) is 28.2 Å². The van der Waals surface area contributed by atoms with Crippen molar-refractivity contribution in [1.29, 1.82) is 0 Å². The molecule has 2 rings (SSSR count). The zero-order valence-electron chi connectivity index (χ0n) is 10.4. The molecule has 0 unspecified atom stereocenters. The normalized spacial score (nSPS) is 15.4. The van der Waals surface area contributed by atoms with Crippen LogP contribution in [0.2, 0.25) is 0 Å². The Labute approximate surface area is 102 Å². The Bertz CT molecular complexity index is 344. The molecule has 0 amide bonds. The van der Waals surface area contributed by atoms with Crippen LogP contribution in [0.3, 0.4) is 0 Å². The smallest absolute Gasteiger partial charge is 0.186 e. The lowest BCUT2D eigenvalue weighted by molar-refractivity contribution is 0.730. The summed E-state index contributed by atoms with van der Waals surface area (Å²) in [6, 6.07) is 0.766. The summed E-state index contributed by atoms with van der Waals surface area (Å²) in [6.45, 7) is 9.54. The Morgan fingerprint density at radius 1 is 1.44 bits per heavy atom. The predicted octanol–water partition coefficient (Wildman–Crippen LogP) is 2.55. The maximum absolute atomic E-state index is 4.70. The van der Waals surface area contributed by atoms with Crippen LogP contribution >= 0.6 is 11.3 Å². The first kappa shape index (κ1) is 11.9. The lowest BCUT2D eigenvalue weighted by atomic mass is 10.4. The maximum Gasteiger partial charge on any atom is 0.186 e. The van der Waals surface area contributed by atoms with E-state index in [0.29, 0.717) is 0 Å². The Kier molecular flexibility index (Phi) is 3.82. The van der Waals surface area contributed by atoms with Crippen molar-refractivity contribution in [3.63, 3.8) is 0 Å². The van der Waals surface area contributed by atoms with Gasteiger partial charge in [0.15, 0.2) is 5.13 Å². The zero-order valence-corrected chi connectivity index (χ0v) is 11.2. The van der Waals surface area contributed by atoms with Gasteiger partial charge in [-0.3, -0.25) is 0 Å². The van der Waals surface area contributed by atoms with Gasteiger partial charge in [0.05, 0.1) is 5.69 Å². The first-order chi connectivity index (χ1) is 7.76. The third-order valence-corrected chi connectivity index (χ3v) is 4.19. The van der Waals surface area contributed by atoms with E-state index >= 15 is 0 Å². The van der Waals surface area contributed by atoms with E-state index in [4.69, 9.17) is 4.98 Å². The van der Waals surface area contributed by atoms with Crippen molar-refractivity contribution < 1.29 is 0 Å². The highest BCUT2D eigenvalue weighted by Crippen LogP contribution is 2.34. The molecule has 1 fully saturated rings. The average molecular weight is 239 g/mol. The molecule has 1 aromatic rings. The molecule has 0 atom stereocenters. The molecule has 1 N–H and O–H groups in total. The molecule has 1 heterocycles. The summed E-state index contributed by atoms with van der Waals surface area (Å²) in [5.74, 6) is 0. The highest BCUT2D eigenvalue weighted by molar-refractivity contribution is 7.15. The SMILES string of the molecule is CCNCc1sc(N(CC)C2CC2)nc1C. The van der Waals surface area contributed by atoms with Gasteiger partial charge in [-0.1, -0.05) is 6.92 Å². The van der Waals surface area contributed by atoms with Crippen molar-refractivity contribution in [3.8, 4) is 0 Å². The van der Waals surface area contributed by atoms with E-state index in [9.17, 15) is 0 Å². The number of aryl methyl sites for hydroxylation is 1. The van der Waals surface area contributed by atoms with Crippen molar-refractivity contribution >= 4 is 16.5 Å². The third kappa shape index (κ3) is 2.55. The Morgan fingerprint density at radius 2 is 2.19 bits per heavy atom. The van der Waals surface area contributed by atoms with Gasteiger partial charge in [-0.05, 0) is 33.2 Å². The fourth-order valence-electron chi connectivity index (χ4n) is 1.87. The summed E-state index contributed by atoms with van der Waals surface area (Å²) in [5, 5.41) is 4.59. The summed E-state index contributed by atoms with van der Waals surface area (Å²) in [7, 11) is 0. The minimum Gasteiger partial charge on any atom is -0.345 e. The molecule has 0 saturated heterocycles. The first-order valence-electron chi connectivity index (χ1n) is 6.19. The van der Waals surface area contributed by atoms with Gasteiger partial charge in [-0.15, -0.1) is 11.3 Å². The van der Waals surface area contributed by atoms with Crippen LogP contribution in [0.1, 0.15) is 37.3 Å². The van der Waals surface area contributed by atoms with Crippen molar-refractivity contribution in [2.24, 2.45) is 0 Å². The largest absolute Gasteiger partial charge is 0.345 e. The van der Waals surface area contributed by atoms with E-state index in [-0.39, 0.29) is 0 Å². The molecule has 0 radical (unpaired) electrons. The number of hydrogen-bond acceptors (Lipinski definition) is 4. The molecule has 16 heavy (non-hydrogen) atoms. The second-order valence-corrected chi connectivity index (χ2v) is 5.36. The molecule has 90 valence electrons. The summed E-state index contributed by atoms with van der Waals surface area (Å²) in [6.07, 6.45) is 2.68. The summed E-state index contributed by atoms with van der Waals surface area (Å²) in [4.78, 5) is 8.54. The molecule has 1 saturated carbocycles. The van der Waals surface area contributed by atoms with Crippen LogP contribution in [-0.4, -0.2) is 24.1 Å². The second kappa shape index (κ2) is 5.15. The molecule has 1 aromatic heterocycles. The highest BCUT2D eigenvalue weighted by atomic mass is 32.1. The quantitative estimate of drug-likeness (QED) is 0.827. The van der Waals surface area contributed by atoms with Crippen molar-refractivity contribution in [2.45, 2.75) is 46.2 Å². The molecule has 1 aliphatic carbocycles. The molecular weight excluding hydrogens is 218 g/mol. The first-order valence-corrected chi connectivity index (χ1v) is 7.01. The van der Waals surface area contributed by atoms with Crippen LogP contribution in [0.5, 0.6) is 0 Å². The number of hydrogen-bond donors (Lipinski definition) is 1. The van der Waals surface area contributed by atoms with E-state index in [1.807, 2.05) is 11.3 Å². The maximum atomic E-state index is 4.70. The Morgan fingerprint density at radius 3 is 2.75 bits per heavy atom. The molecule has 3 nitrogen and oxygen atoms in total. The van der Waals surface area contributed by atoms with Crippen LogP contribution in [0.15, 0.2) is 0 Å². The molecule has 0 aromatic carbocycles. The van der Waals surface area contributed by atoms with E-state index in [2.05, 4.69) is 31.0 Å².